The summed E-state index contributed by atoms with van der Waals surface area (Å²) < 4.78 is 25.8. The average molecular weight is 233 g/mol. The van der Waals surface area contributed by atoms with E-state index >= 15 is 0 Å². The quantitative estimate of drug-likeness (QED) is 0.747. The van der Waals surface area contributed by atoms with Crippen molar-refractivity contribution in [3.05, 3.63) is 0 Å². The molecule has 0 saturated carbocycles. The summed E-state index contributed by atoms with van der Waals surface area (Å²) in [7, 11) is -2.98. The Morgan fingerprint density at radius 3 is 2.53 bits per heavy atom. The average Bonchev–Trinajstić information content (AvgIpc) is 2.42. The molecule has 0 aromatic carbocycles. The van der Waals surface area contributed by atoms with Gasteiger partial charge >= 0.3 is 0 Å². The topological polar surface area (TPSA) is 37.4 Å². The highest BCUT2D eigenvalue weighted by Crippen LogP contribution is 2.22. The first kappa shape index (κ1) is 13.0. The van der Waals surface area contributed by atoms with Crippen molar-refractivity contribution in [1.29, 1.82) is 0 Å². The third-order valence-corrected chi connectivity index (χ3v) is 5.23. The summed E-state index contributed by atoms with van der Waals surface area (Å²) in [5.74, 6) is 0.309. The maximum absolute atomic E-state index is 12.0. The zero-order chi connectivity index (χ0) is 11.3. The fraction of sp³-hybridized carbons (Fsp3) is 1.00. The van der Waals surface area contributed by atoms with Crippen LogP contribution in [-0.2, 0) is 10.0 Å². The van der Waals surface area contributed by atoms with Crippen LogP contribution in [0.3, 0.4) is 0 Å². The lowest BCUT2D eigenvalue weighted by atomic mass is 10.1. The second-order valence-electron chi connectivity index (χ2n) is 4.34. The predicted octanol–water partition coefficient (Wildman–Crippen LogP) is 2.38. The van der Waals surface area contributed by atoms with E-state index in [0.29, 0.717) is 5.75 Å². The molecule has 0 aliphatic carbocycles. The van der Waals surface area contributed by atoms with Gasteiger partial charge in [-0.05, 0) is 25.7 Å². The molecular weight excluding hydrogens is 210 g/mol. The van der Waals surface area contributed by atoms with E-state index in [-0.39, 0.29) is 6.04 Å². The van der Waals surface area contributed by atoms with Crippen LogP contribution in [0.4, 0.5) is 0 Å². The molecule has 1 heterocycles. The van der Waals surface area contributed by atoms with E-state index in [2.05, 4.69) is 6.92 Å². The van der Waals surface area contributed by atoms with Gasteiger partial charge in [0.05, 0.1) is 5.75 Å². The molecule has 1 aliphatic heterocycles. The number of rotatable bonds is 4. The predicted molar refractivity (Wildman–Crippen MR) is 63.3 cm³/mol. The summed E-state index contributed by atoms with van der Waals surface area (Å²) >= 11 is 0. The number of hydrogen-bond donors (Lipinski definition) is 0. The van der Waals surface area contributed by atoms with Crippen molar-refractivity contribution in [1.82, 2.24) is 4.31 Å². The summed E-state index contributed by atoms with van der Waals surface area (Å²) in [6, 6.07) is 0.254. The highest BCUT2D eigenvalue weighted by Gasteiger charge is 2.28. The first-order valence-electron chi connectivity index (χ1n) is 6.11. The monoisotopic (exact) mass is 233 g/mol. The van der Waals surface area contributed by atoms with Crippen molar-refractivity contribution < 1.29 is 8.42 Å². The molecule has 1 rings (SSSR count). The van der Waals surface area contributed by atoms with E-state index in [9.17, 15) is 8.42 Å². The van der Waals surface area contributed by atoms with E-state index in [0.717, 1.165) is 32.2 Å². The molecule has 0 spiro atoms. The molecule has 1 aliphatic rings. The summed E-state index contributed by atoms with van der Waals surface area (Å²) in [6.45, 7) is 4.75. The lowest BCUT2D eigenvalue weighted by Crippen LogP contribution is -2.40. The number of hydrogen-bond acceptors (Lipinski definition) is 2. The number of sulfonamides is 1. The SMILES string of the molecule is CCCS(=O)(=O)N1CCCCCC1CC. The van der Waals surface area contributed by atoms with Gasteiger partial charge in [0, 0.05) is 12.6 Å². The molecule has 0 amide bonds. The van der Waals surface area contributed by atoms with Crippen LogP contribution in [0.1, 0.15) is 52.4 Å². The Hall–Kier alpha value is -0.0900. The van der Waals surface area contributed by atoms with Crippen LogP contribution in [0.2, 0.25) is 0 Å². The van der Waals surface area contributed by atoms with Crippen LogP contribution >= 0.6 is 0 Å². The Morgan fingerprint density at radius 2 is 1.93 bits per heavy atom. The van der Waals surface area contributed by atoms with Gasteiger partial charge in [-0.15, -0.1) is 0 Å². The standard InChI is InChI=1S/C11H23NO2S/c1-3-10-15(13,14)12-9-7-5-6-8-11(12)4-2/h11H,3-10H2,1-2H3. The molecule has 0 aromatic rings. The second kappa shape index (κ2) is 5.85. The molecule has 0 N–H and O–H groups in total. The van der Waals surface area contributed by atoms with Gasteiger partial charge in [0.2, 0.25) is 10.0 Å². The maximum Gasteiger partial charge on any atom is 0.214 e. The van der Waals surface area contributed by atoms with Crippen molar-refractivity contribution in [2.24, 2.45) is 0 Å². The summed E-state index contributed by atoms with van der Waals surface area (Å²) in [6.07, 6.45) is 6.09. The molecule has 3 nitrogen and oxygen atoms in total. The van der Waals surface area contributed by atoms with E-state index in [1.807, 2.05) is 6.92 Å². The molecule has 90 valence electrons. The molecular formula is C11H23NO2S. The fourth-order valence-electron chi connectivity index (χ4n) is 2.30. The molecule has 1 saturated heterocycles. The van der Waals surface area contributed by atoms with Gasteiger partial charge in [-0.3, -0.25) is 0 Å². The van der Waals surface area contributed by atoms with Gasteiger partial charge in [0.15, 0.2) is 0 Å². The normalized spacial score (nSPS) is 25.1. The molecule has 0 aromatic heterocycles. The largest absolute Gasteiger partial charge is 0.214 e. The zero-order valence-corrected chi connectivity index (χ0v) is 10.7. The first-order valence-corrected chi connectivity index (χ1v) is 7.72. The minimum Gasteiger partial charge on any atom is -0.212 e. The summed E-state index contributed by atoms with van der Waals surface area (Å²) in [5.41, 5.74) is 0. The zero-order valence-electron chi connectivity index (χ0n) is 9.91. The summed E-state index contributed by atoms with van der Waals surface area (Å²) in [4.78, 5) is 0. The van der Waals surface area contributed by atoms with Crippen molar-refractivity contribution in [2.75, 3.05) is 12.3 Å². The van der Waals surface area contributed by atoms with Crippen LogP contribution in [0, 0.1) is 0 Å². The van der Waals surface area contributed by atoms with Crippen LogP contribution in [-0.4, -0.2) is 31.1 Å². The van der Waals surface area contributed by atoms with Crippen LogP contribution in [0.25, 0.3) is 0 Å². The van der Waals surface area contributed by atoms with Crippen molar-refractivity contribution >= 4 is 10.0 Å². The maximum atomic E-state index is 12.0. The van der Waals surface area contributed by atoms with Gasteiger partial charge < -0.3 is 0 Å². The summed E-state index contributed by atoms with van der Waals surface area (Å²) in [5, 5.41) is 0. The Balaban J connectivity index is 2.78. The third kappa shape index (κ3) is 3.45. The van der Waals surface area contributed by atoms with Gasteiger partial charge in [0.25, 0.3) is 0 Å². The highest BCUT2D eigenvalue weighted by atomic mass is 32.2. The van der Waals surface area contributed by atoms with E-state index in [1.165, 1.54) is 12.8 Å². The van der Waals surface area contributed by atoms with Gasteiger partial charge in [-0.2, -0.15) is 4.31 Å². The van der Waals surface area contributed by atoms with E-state index in [4.69, 9.17) is 0 Å². The van der Waals surface area contributed by atoms with E-state index in [1.54, 1.807) is 4.31 Å². The van der Waals surface area contributed by atoms with Crippen LogP contribution in [0.15, 0.2) is 0 Å². The van der Waals surface area contributed by atoms with Crippen molar-refractivity contribution in [2.45, 2.75) is 58.4 Å². The van der Waals surface area contributed by atoms with Gasteiger partial charge in [-0.25, -0.2) is 8.42 Å². The number of nitrogens with zero attached hydrogens (tertiary/aromatic N) is 1. The van der Waals surface area contributed by atoms with E-state index < -0.39 is 10.0 Å². The van der Waals surface area contributed by atoms with Crippen LogP contribution < -0.4 is 0 Å². The second-order valence-corrected chi connectivity index (χ2v) is 6.38. The first-order chi connectivity index (χ1) is 7.11. The van der Waals surface area contributed by atoms with Gasteiger partial charge in [-0.1, -0.05) is 26.7 Å². The smallest absolute Gasteiger partial charge is 0.212 e. The van der Waals surface area contributed by atoms with Crippen molar-refractivity contribution in [3.8, 4) is 0 Å². The molecule has 4 heteroatoms. The molecule has 1 atom stereocenters. The highest BCUT2D eigenvalue weighted by molar-refractivity contribution is 7.89. The fourth-order valence-corrected chi connectivity index (χ4v) is 4.17. The van der Waals surface area contributed by atoms with Crippen LogP contribution in [0.5, 0.6) is 0 Å². The lowest BCUT2D eigenvalue weighted by Gasteiger charge is -2.28. The minimum atomic E-state index is -2.98. The molecule has 1 fully saturated rings. The molecule has 0 radical (unpaired) electrons. The third-order valence-electron chi connectivity index (χ3n) is 3.11. The Bertz CT molecular complexity index is 274. The van der Waals surface area contributed by atoms with Crippen molar-refractivity contribution in [3.63, 3.8) is 0 Å². The molecule has 15 heavy (non-hydrogen) atoms. The van der Waals surface area contributed by atoms with Gasteiger partial charge in [0.1, 0.15) is 0 Å². The molecule has 0 bridgehead atoms. The lowest BCUT2D eigenvalue weighted by molar-refractivity contribution is 0.315. The minimum absolute atomic E-state index is 0.254. The molecule has 1 unspecified atom stereocenters. The Morgan fingerprint density at radius 1 is 1.20 bits per heavy atom. The Labute approximate surface area is 93.9 Å². The Kier molecular flexibility index (Phi) is 5.06.